The van der Waals surface area contributed by atoms with Crippen LogP contribution in [0.3, 0.4) is 0 Å². The van der Waals surface area contributed by atoms with Crippen LogP contribution in [0.1, 0.15) is 41.7 Å². The van der Waals surface area contributed by atoms with E-state index in [1.807, 2.05) is 12.3 Å². The number of hydrogen-bond donors (Lipinski definition) is 1. The molecule has 4 rings (SSSR count). The number of nitrogens with zero attached hydrogens (tertiary/aromatic N) is 3. The third kappa shape index (κ3) is 4.53. The molecule has 0 radical (unpaired) electrons. The van der Waals surface area contributed by atoms with E-state index in [-0.39, 0.29) is 17.6 Å². The smallest absolute Gasteiger partial charge is 0.284 e. The van der Waals surface area contributed by atoms with Gasteiger partial charge in [-0.15, -0.1) is 11.3 Å². The molecule has 28 heavy (non-hydrogen) atoms. The Labute approximate surface area is 171 Å². The third-order valence-corrected chi connectivity index (χ3v) is 7.26. The molecule has 1 aromatic heterocycles. The molecule has 1 amide bonds. The zero-order valence-electron chi connectivity index (χ0n) is 15.6. The van der Waals surface area contributed by atoms with E-state index >= 15 is 0 Å². The van der Waals surface area contributed by atoms with Crippen molar-refractivity contribution in [1.82, 2.24) is 15.2 Å². The molecule has 2 aromatic rings. The van der Waals surface area contributed by atoms with Crippen molar-refractivity contribution in [3.8, 4) is 0 Å². The molecular formula is C19H22N4O3S2. The zero-order valence-corrected chi connectivity index (χ0v) is 17.2. The van der Waals surface area contributed by atoms with Crippen LogP contribution in [-0.4, -0.2) is 45.9 Å². The predicted octanol–water partition coefficient (Wildman–Crippen LogP) is 3.87. The fraction of sp³-hybridized carbons (Fsp3) is 0.474. The zero-order chi connectivity index (χ0) is 19.7. The summed E-state index contributed by atoms with van der Waals surface area (Å²) in [6, 6.07) is 5.56. The number of aryl methyl sites for hydroxylation is 1. The molecule has 1 saturated carbocycles. The van der Waals surface area contributed by atoms with Crippen LogP contribution in [0, 0.1) is 17.0 Å². The minimum Gasteiger partial charge on any atom is -0.349 e. The Balaban J connectivity index is 1.42. The van der Waals surface area contributed by atoms with Gasteiger partial charge in [0.1, 0.15) is 0 Å². The molecule has 2 heterocycles. The van der Waals surface area contributed by atoms with Crippen LogP contribution in [0.5, 0.6) is 0 Å². The highest BCUT2D eigenvalue weighted by Crippen LogP contribution is 2.37. The number of nitrogens with one attached hydrogen (secondary N) is 1. The molecule has 7 nitrogen and oxygen atoms in total. The van der Waals surface area contributed by atoms with Gasteiger partial charge in [-0.25, -0.2) is 4.98 Å². The van der Waals surface area contributed by atoms with Gasteiger partial charge >= 0.3 is 0 Å². The molecule has 1 saturated heterocycles. The number of aromatic nitrogens is 1. The van der Waals surface area contributed by atoms with Crippen molar-refractivity contribution in [3.63, 3.8) is 0 Å². The quantitative estimate of drug-likeness (QED) is 0.566. The monoisotopic (exact) mass is 418 g/mol. The molecule has 148 valence electrons. The Kier molecular flexibility index (Phi) is 5.65. The number of thiazole rings is 1. The summed E-state index contributed by atoms with van der Waals surface area (Å²) in [4.78, 5) is 31.0. The summed E-state index contributed by atoms with van der Waals surface area (Å²) < 4.78 is 0.750. The standard InChI is InChI=1S/C19H22N4O3S2/c1-12-11-27-19(20-12)28-17-5-2-13(10-16(17)23(25)26)18(24)21-14-6-8-22(9-7-14)15-3-4-15/h2,5,10-11,14-15H,3-4,6-9H2,1H3,(H,21,24). The molecule has 2 fully saturated rings. The van der Waals surface area contributed by atoms with Crippen molar-refractivity contribution in [2.45, 2.75) is 53.9 Å². The number of piperidine rings is 1. The fourth-order valence-electron chi connectivity index (χ4n) is 3.48. The van der Waals surface area contributed by atoms with Crippen molar-refractivity contribution in [2.24, 2.45) is 0 Å². The van der Waals surface area contributed by atoms with E-state index in [2.05, 4.69) is 15.2 Å². The summed E-state index contributed by atoms with van der Waals surface area (Å²) in [5.41, 5.74) is 1.16. The molecule has 2 aliphatic rings. The largest absolute Gasteiger partial charge is 0.349 e. The lowest BCUT2D eigenvalue weighted by Crippen LogP contribution is -2.45. The Bertz CT molecular complexity index is 889. The summed E-state index contributed by atoms with van der Waals surface area (Å²) in [5, 5.41) is 16.5. The maximum atomic E-state index is 12.6. The van der Waals surface area contributed by atoms with Crippen molar-refractivity contribution in [2.75, 3.05) is 13.1 Å². The van der Waals surface area contributed by atoms with Gasteiger partial charge in [-0.05, 0) is 44.7 Å². The first-order valence-corrected chi connectivity index (χ1v) is 11.1. The number of benzene rings is 1. The van der Waals surface area contributed by atoms with E-state index in [9.17, 15) is 14.9 Å². The Morgan fingerprint density at radius 1 is 1.32 bits per heavy atom. The van der Waals surface area contributed by atoms with E-state index in [1.165, 1.54) is 42.0 Å². The Hall–Kier alpha value is -1.97. The van der Waals surface area contributed by atoms with E-state index in [4.69, 9.17) is 0 Å². The predicted molar refractivity (Wildman–Crippen MR) is 109 cm³/mol. The van der Waals surface area contributed by atoms with Crippen molar-refractivity contribution in [1.29, 1.82) is 0 Å². The summed E-state index contributed by atoms with van der Waals surface area (Å²) in [7, 11) is 0. The van der Waals surface area contributed by atoms with Gasteiger partial charge in [0.15, 0.2) is 4.34 Å². The van der Waals surface area contributed by atoms with Gasteiger partial charge in [-0.2, -0.15) is 0 Å². The second-order valence-electron chi connectivity index (χ2n) is 7.31. The number of carbonyl (C=O) groups is 1. The number of likely N-dealkylation sites (tertiary alicyclic amines) is 1. The highest BCUT2D eigenvalue weighted by Gasteiger charge is 2.32. The lowest BCUT2D eigenvalue weighted by Gasteiger charge is -2.32. The second-order valence-corrected chi connectivity index (χ2v) is 9.46. The first-order chi connectivity index (χ1) is 13.5. The highest BCUT2D eigenvalue weighted by molar-refractivity contribution is 8.01. The lowest BCUT2D eigenvalue weighted by molar-refractivity contribution is -0.387. The number of amides is 1. The molecule has 1 N–H and O–H groups in total. The van der Waals surface area contributed by atoms with E-state index in [0.717, 1.165) is 42.0 Å². The number of nitro benzene ring substituents is 1. The molecule has 0 unspecified atom stereocenters. The molecule has 9 heteroatoms. The fourth-order valence-corrected chi connectivity index (χ4v) is 5.36. The summed E-state index contributed by atoms with van der Waals surface area (Å²) in [6.07, 6.45) is 4.46. The number of hydrogen-bond acceptors (Lipinski definition) is 7. The first kappa shape index (κ1) is 19.4. The van der Waals surface area contributed by atoms with Gasteiger partial charge in [-0.1, -0.05) is 11.8 Å². The summed E-state index contributed by atoms with van der Waals surface area (Å²) in [6.45, 7) is 3.91. The minimum absolute atomic E-state index is 0.0611. The molecule has 1 aromatic carbocycles. The van der Waals surface area contributed by atoms with Crippen molar-refractivity contribution < 1.29 is 9.72 Å². The minimum atomic E-state index is -0.437. The molecule has 0 spiro atoms. The van der Waals surface area contributed by atoms with Crippen LogP contribution in [0.15, 0.2) is 32.8 Å². The van der Waals surface area contributed by atoms with Gasteiger partial charge in [0.2, 0.25) is 0 Å². The lowest BCUT2D eigenvalue weighted by atomic mass is 10.0. The van der Waals surface area contributed by atoms with Gasteiger partial charge in [0.05, 0.1) is 9.82 Å². The number of carbonyl (C=O) groups excluding carboxylic acids is 1. The van der Waals surface area contributed by atoms with E-state index in [0.29, 0.717) is 10.5 Å². The SMILES string of the molecule is Cc1csc(Sc2ccc(C(=O)NC3CCN(C4CC4)CC3)cc2[N+](=O)[O-])n1. The molecule has 1 aliphatic heterocycles. The van der Waals surface area contributed by atoms with Crippen LogP contribution >= 0.6 is 23.1 Å². The van der Waals surface area contributed by atoms with Gasteiger partial charge < -0.3 is 10.2 Å². The average Bonchev–Trinajstić information content (AvgIpc) is 3.45. The van der Waals surface area contributed by atoms with Gasteiger partial charge in [0, 0.05) is 47.9 Å². The topological polar surface area (TPSA) is 88.4 Å². The maximum Gasteiger partial charge on any atom is 0.284 e. The Morgan fingerprint density at radius 3 is 2.68 bits per heavy atom. The van der Waals surface area contributed by atoms with Crippen molar-refractivity contribution in [3.05, 3.63) is 45.0 Å². The average molecular weight is 419 g/mol. The summed E-state index contributed by atoms with van der Waals surface area (Å²) >= 11 is 2.71. The van der Waals surface area contributed by atoms with Crippen LogP contribution < -0.4 is 5.32 Å². The van der Waals surface area contributed by atoms with Crippen LogP contribution in [0.25, 0.3) is 0 Å². The molecule has 1 aliphatic carbocycles. The van der Waals surface area contributed by atoms with Gasteiger partial charge in [-0.3, -0.25) is 14.9 Å². The summed E-state index contributed by atoms with van der Waals surface area (Å²) in [5.74, 6) is -0.241. The molecule has 0 bridgehead atoms. The maximum absolute atomic E-state index is 12.6. The normalized spacial score (nSPS) is 18.2. The second kappa shape index (κ2) is 8.18. The number of rotatable bonds is 6. The van der Waals surface area contributed by atoms with Crippen LogP contribution in [0.4, 0.5) is 5.69 Å². The molecular weight excluding hydrogens is 396 g/mol. The van der Waals surface area contributed by atoms with E-state index < -0.39 is 4.92 Å². The molecule has 0 atom stereocenters. The van der Waals surface area contributed by atoms with Crippen LogP contribution in [0.2, 0.25) is 0 Å². The Morgan fingerprint density at radius 2 is 2.07 bits per heavy atom. The van der Waals surface area contributed by atoms with Crippen molar-refractivity contribution >= 4 is 34.7 Å². The number of nitro groups is 1. The van der Waals surface area contributed by atoms with Gasteiger partial charge in [0.25, 0.3) is 11.6 Å². The first-order valence-electron chi connectivity index (χ1n) is 9.43. The van der Waals surface area contributed by atoms with E-state index in [1.54, 1.807) is 12.1 Å². The van der Waals surface area contributed by atoms with Crippen LogP contribution in [-0.2, 0) is 0 Å². The highest BCUT2D eigenvalue weighted by atomic mass is 32.2. The third-order valence-electron chi connectivity index (χ3n) is 5.14.